The van der Waals surface area contributed by atoms with Crippen molar-refractivity contribution in [3.05, 3.63) is 48.2 Å². The molecule has 1 saturated carbocycles. The third kappa shape index (κ3) is 2.51. The molecular formula is C14H15ClN2O. The summed E-state index contributed by atoms with van der Waals surface area (Å²) in [5, 5.41) is 0. The van der Waals surface area contributed by atoms with Gasteiger partial charge in [-0.2, -0.15) is 0 Å². The van der Waals surface area contributed by atoms with E-state index < -0.39 is 0 Å². The lowest BCUT2D eigenvalue weighted by atomic mass is 10.2. The summed E-state index contributed by atoms with van der Waals surface area (Å²) < 4.78 is 5.44. The molecule has 2 aromatic heterocycles. The van der Waals surface area contributed by atoms with Crippen molar-refractivity contribution in [2.75, 3.05) is 4.90 Å². The lowest BCUT2D eigenvalue weighted by molar-refractivity contribution is 0.501. The SMILES string of the molecule is ClCc1cc(N(Cc2ccco2)C2CC2)ccn1. The molecule has 3 nitrogen and oxygen atoms in total. The second-order valence-corrected chi connectivity index (χ2v) is 4.84. The zero-order valence-corrected chi connectivity index (χ0v) is 10.8. The van der Waals surface area contributed by atoms with Gasteiger partial charge in [0.05, 0.1) is 24.4 Å². The van der Waals surface area contributed by atoms with E-state index in [1.165, 1.54) is 18.5 Å². The molecule has 3 rings (SSSR count). The number of furan rings is 1. The Morgan fingerprint density at radius 1 is 1.39 bits per heavy atom. The quantitative estimate of drug-likeness (QED) is 0.772. The van der Waals surface area contributed by atoms with E-state index in [9.17, 15) is 0 Å². The van der Waals surface area contributed by atoms with Crippen molar-refractivity contribution in [1.82, 2.24) is 4.98 Å². The Hall–Kier alpha value is -1.48. The molecule has 0 saturated heterocycles. The summed E-state index contributed by atoms with van der Waals surface area (Å²) in [6.45, 7) is 0.809. The van der Waals surface area contributed by atoms with Gasteiger partial charge in [0.15, 0.2) is 0 Å². The molecule has 0 unspecified atom stereocenters. The van der Waals surface area contributed by atoms with Crippen molar-refractivity contribution in [3.8, 4) is 0 Å². The molecule has 0 atom stereocenters. The van der Waals surface area contributed by atoms with Crippen LogP contribution in [0.25, 0.3) is 0 Å². The Bertz CT molecular complexity index is 508. The molecule has 2 heterocycles. The van der Waals surface area contributed by atoms with Crippen LogP contribution in [0.2, 0.25) is 0 Å². The fourth-order valence-electron chi connectivity index (χ4n) is 2.11. The number of hydrogen-bond donors (Lipinski definition) is 0. The highest BCUT2D eigenvalue weighted by Gasteiger charge is 2.30. The molecule has 0 radical (unpaired) electrons. The van der Waals surface area contributed by atoms with Crippen LogP contribution in [0.4, 0.5) is 5.69 Å². The van der Waals surface area contributed by atoms with Crippen LogP contribution in [0.1, 0.15) is 24.3 Å². The number of pyridine rings is 1. The summed E-state index contributed by atoms with van der Waals surface area (Å²) in [6.07, 6.45) is 6.04. The Balaban J connectivity index is 1.84. The minimum absolute atomic E-state index is 0.451. The van der Waals surface area contributed by atoms with Crippen molar-refractivity contribution in [1.29, 1.82) is 0 Å². The first kappa shape index (κ1) is 11.6. The third-order valence-electron chi connectivity index (χ3n) is 3.16. The second kappa shape index (κ2) is 5.02. The molecule has 0 amide bonds. The van der Waals surface area contributed by atoms with Crippen LogP contribution in [-0.2, 0) is 12.4 Å². The van der Waals surface area contributed by atoms with Gasteiger partial charge in [-0.25, -0.2) is 0 Å². The maximum absolute atomic E-state index is 5.84. The number of anilines is 1. The molecule has 2 aromatic rings. The van der Waals surface area contributed by atoms with Gasteiger partial charge in [0.25, 0.3) is 0 Å². The fourth-order valence-corrected chi connectivity index (χ4v) is 2.25. The average Bonchev–Trinajstić information content (AvgIpc) is 3.13. The molecule has 18 heavy (non-hydrogen) atoms. The minimum Gasteiger partial charge on any atom is -0.467 e. The maximum atomic E-state index is 5.84. The highest BCUT2D eigenvalue weighted by Crippen LogP contribution is 2.33. The standard InChI is InChI=1S/C14H15ClN2O/c15-9-11-8-13(5-6-16-11)17(12-3-4-12)10-14-2-1-7-18-14/h1-2,5-8,12H,3-4,9-10H2. The molecule has 4 heteroatoms. The summed E-state index contributed by atoms with van der Waals surface area (Å²) in [6, 6.07) is 8.67. The van der Waals surface area contributed by atoms with E-state index in [1.807, 2.05) is 24.4 Å². The zero-order valence-electron chi connectivity index (χ0n) is 10.1. The highest BCUT2D eigenvalue weighted by molar-refractivity contribution is 6.16. The summed E-state index contributed by atoms with van der Waals surface area (Å²) >= 11 is 5.84. The van der Waals surface area contributed by atoms with Crippen LogP contribution in [0, 0.1) is 0 Å². The van der Waals surface area contributed by atoms with Crippen LogP contribution < -0.4 is 4.90 Å². The largest absolute Gasteiger partial charge is 0.467 e. The van der Waals surface area contributed by atoms with Gasteiger partial charge >= 0.3 is 0 Å². The second-order valence-electron chi connectivity index (χ2n) is 4.58. The molecule has 94 valence electrons. The zero-order chi connectivity index (χ0) is 12.4. The Kier molecular flexibility index (Phi) is 3.24. The van der Waals surface area contributed by atoms with E-state index in [2.05, 4.69) is 16.0 Å². The molecule has 1 aliphatic rings. The number of hydrogen-bond acceptors (Lipinski definition) is 3. The van der Waals surface area contributed by atoms with Gasteiger partial charge in [-0.05, 0) is 37.1 Å². The lowest BCUT2D eigenvalue weighted by Crippen LogP contribution is -2.24. The molecular weight excluding hydrogens is 248 g/mol. The van der Waals surface area contributed by atoms with Crippen LogP contribution in [0.15, 0.2) is 41.1 Å². The summed E-state index contributed by atoms with van der Waals surface area (Å²) in [5.41, 5.74) is 2.10. The van der Waals surface area contributed by atoms with Gasteiger partial charge in [-0.15, -0.1) is 11.6 Å². The molecule has 0 spiro atoms. The summed E-state index contributed by atoms with van der Waals surface area (Å²) in [7, 11) is 0. The molecule has 0 aliphatic heterocycles. The van der Waals surface area contributed by atoms with E-state index in [1.54, 1.807) is 6.26 Å². The Morgan fingerprint density at radius 2 is 2.28 bits per heavy atom. The van der Waals surface area contributed by atoms with Crippen molar-refractivity contribution in [2.24, 2.45) is 0 Å². The van der Waals surface area contributed by atoms with Crippen LogP contribution >= 0.6 is 11.6 Å². The lowest BCUT2D eigenvalue weighted by Gasteiger charge is -2.23. The van der Waals surface area contributed by atoms with Gasteiger partial charge in [0.2, 0.25) is 0 Å². The monoisotopic (exact) mass is 262 g/mol. The van der Waals surface area contributed by atoms with Gasteiger partial charge in [0, 0.05) is 17.9 Å². The van der Waals surface area contributed by atoms with E-state index in [0.717, 1.165) is 18.0 Å². The topological polar surface area (TPSA) is 29.3 Å². The smallest absolute Gasteiger partial charge is 0.123 e. The minimum atomic E-state index is 0.451. The summed E-state index contributed by atoms with van der Waals surface area (Å²) in [5.74, 6) is 1.44. The summed E-state index contributed by atoms with van der Waals surface area (Å²) in [4.78, 5) is 6.61. The Morgan fingerprint density at radius 3 is 2.94 bits per heavy atom. The van der Waals surface area contributed by atoms with Gasteiger partial charge in [0.1, 0.15) is 5.76 Å². The van der Waals surface area contributed by atoms with E-state index in [0.29, 0.717) is 11.9 Å². The molecule has 0 bridgehead atoms. The van der Waals surface area contributed by atoms with Crippen LogP contribution in [-0.4, -0.2) is 11.0 Å². The number of nitrogens with zero attached hydrogens (tertiary/aromatic N) is 2. The molecule has 0 aromatic carbocycles. The van der Waals surface area contributed by atoms with Crippen LogP contribution in [0.3, 0.4) is 0 Å². The number of halogens is 1. The van der Waals surface area contributed by atoms with Crippen molar-refractivity contribution >= 4 is 17.3 Å². The predicted molar refractivity (Wildman–Crippen MR) is 71.7 cm³/mol. The predicted octanol–water partition coefficient (Wildman–Crippen LogP) is 3.58. The number of alkyl halides is 1. The van der Waals surface area contributed by atoms with E-state index in [-0.39, 0.29) is 0 Å². The first-order chi connectivity index (χ1) is 8.86. The first-order valence-electron chi connectivity index (χ1n) is 6.17. The molecule has 0 N–H and O–H groups in total. The van der Waals surface area contributed by atoms with Crippen molar-refractivity contribution in [3.63, 3.8) is 0 Å². The first-order valence-corrected chi connectivity index (χ1v) is 6.70. The van der Waals surface area contributed by atoms with Gasteiger partial charge in [-0.3, -0.25) is 4.98 Å². The number of rotatable bonds is 5. The maximum Gasteiger partial charge on any atom is 0.123 e. The van der Waals surface area contributed by atoms with Crippen molar-refractivity contribution < 1.29 is 4.42 Å². The Labute approximate surface area is 111 Å². The molecule has 1 fully saturated rings. The fraction of sp³-hybridized carbons (Fsp3) is 0.357. The van der Waals surface area contributed by atoms with E-state index in [4.69, 9.17) is 16.0 Å². The van der Waals surface area contributed by atoms with E-state index >= 15 is 0 Å². The number of aromatic nitrogens is 1. The van der Waals surface area contributed by atoms with Crippen LogP contribution in [0.5, 0.6) is 0 Å². The van der Waals surface area contributed by atoms with Gasteiger partial charge < -0.3 is 9.32 Å². The third-order valence-corrected chi connectivity index (χ3v) is 3.44. The van der Waals surface area contributed by atoms with Crippen molar-refractivity contribution in [2.45, 2.75) is 31.3 Å². The molecule has 1 aliphatic carbocycles. The normalized spacial score (nSPS) is 14.7. The average molecular weight is 263 g/mol. The highest BCUT2D eigenvalue weighted by atomic mass is 35.5. The van der Waals surface area contributed by atoms with Gasteiger partial charge in [-0.1, -0.05) is 0 Å².